The largest absolute Gasteiger partial charge is 0.372 e. The Labute approximate surface area is 137 Å². The van der Waals surface area contributed by atoms with E-state index in [1.54, 1.807) is 7.05 Å². The topological polar surface area (TPSA) is 73.5 Å². The maximum atomic E-state index is 11.8. The second-order valence-electron chi connectivity index (χ2n) is 5.77. The van der Waals surface area contributed by atoms with Gasteiger partial charge in [0.2, 0.25) is 11.8 Å². The zero-order chi connectivity index (χ0) is 16.5. The highest BCUT2D eigenvalue weighted by atomic mass is 16.2. The van der Waals surface area contributed by atoms with Crippen molar-refractivity contribution in [2.45, 2.75) is 25.7 Å². The average Bonchev–Trinajstić information content (AvgIpc) is 2.84. The molecule has 1 aliphatic rings. The van der Waals surface area contributed by atoms with Crippen LogP contribution in [0, 0.1) is 0 Å². The minimum absolute atomic E-state index is 0.112. The summed E-state index contributed by atoms with van der Waals surface area (Å²) < 4.78 is 0. The normalized spacial score (nSPS) is 14.9. The van der Waals surface area contributed by atoms with Crippen molar-refractivity contribution in [1.29, 1.82) is 0 Å². The Morgan fingerprint density at radius 2 is 1.57 bits per heavy atom. The second kappa shape index (κ2) is 9.15. The van der Waals surface area contributed by atoms with E-state index in [9.17, 15) is 9.59 Å². The number of rotatable bonds is 6. The molecular formula is C17H26N4O2. The van der Waals surface area contributed by atoms with Gasteiger partial charge in [-0.05, 0) is 37.1 Å². The summed E-state index contributed by atoms with van der Waals surface area (Å²) in [5, 5.41) is 8.11. The first kappa shape index (κ1) is 17.3. The number of nitrogens with one attached hydrogen (secondary N) is 3. The Hall–Kier alpha value is -2.08. The summed E-state index contributed by atoms with van der Waals surface area (Å²) in [7, 11) is 1.57. The van der Waals surface area contributed by atoms with E-state index < -0.39 is 0 Å². The van der Waals surface area contributed by atoms with E-state index in [1.807, 2.05) is 12.1 Å². The average molecular weight is 318 g/mol. The quantitative estimate of drug-likeness (QED) is 0.740. The molecule has 6 nitrogen and oxygen atoms in total. The number of nitrogens with zero attached hydrogens (tertiary/aromatic N) is 1. The molecule has 1 fully saturated rings. The monoisotopic (exact) mass is 318 g/mol. The minimum Gasteiger partial charge on any atom is -0.372 e. The molecule has 23 heavy (non-hydrogen) atoms. The Bertz CT molecular complexity index is 508. The molecular weight excluding hydrogens is 292 g/mol. The number of likely N-dealkylation sites (N-methyl/N-ethyl adjacent to an activating group) is 1. The summed E-state index contributed by atoms with van der Waals surface area (Å²) >= 11 is 0. The van der Waals surface area contributed by atoms with Crippen LogP contribution in [0.2, 0.25) is 0 Å². The van der Waals surface area contributed by atoms with Crippen LogP contribution in [-0.2, 0) is 9.59 Å². The van der Waals surface area contributed by atoms with Crippen LogP contribution >= 0.6 is 0 Å². The fourth-order valence-electron chi connectivity index (χ4n) is 2.67. The predicted molar refractivity (Wildman–Crippen MR) is 92.7 cm³/mol. The van der Waals surface area contributed by atoms with Gasteiger partial charge in [-0.2, -0.15) is 0 Å². The third-order valence-electron chi connectivity index (χ3n) is 3.97. The Morgan fingerprint density at radius 3 is 2.17 bits per heavy atom. The molecule has 0 spiro atoms. The van der Waals surface area contributed by atoms with Crippen LogP contribution in [0.15, 0.2) is 24.3 Å². The molecule has 0 bridgehead atoms. The van der Waals surface area contributed by atoms with Gasteiger partial charge in [-0.3, -0.25) is 14.9 Å². The first-order chi connectivity index (χ1) is 11.2. The van der Waals surface area contributed by atoms with Crippen LogP contribution < -0.4 is 20.9 Å². The molecule has 1 aromatic rings. The number of carbonyl (C=O) groups is 2. The molecule has 2 rings (SSSR count). The van der Waals surface area contributed by atoms with Crippen LogP contribution in [-0.4, -0.2) is 45.0 Å². The smallest absolute Gasteiger partial charge is 0.238 e. The van der Waals surface area contributed by atoms with Gasteiger partial charge in [0.1, 0.15) is 0 Å². The molecule has 1 aromatic carbocycles. The Balaban J connectivity index is 1.79. The van der Waals surface area contributed by atoms with Crippen molar-refractivity contribution >= 4 is 23.2 Å². The summed E-state index contributed by atoms with van der Waals surface area (Å²) in [6, 6.07) is 7.96. The van der Waals surface area contributed by atoms with Crippen molar-refractivity contribution < 1.29 is 9.59 Å². The van der Waals surface area contributed by atoms with Crippen molar-refractivity contribution in [3.8, 4) is 0 Å². The SMILES string of the molecule is CNC(=O)CNCC(=O)Nc1ccc(N2CCCCCC2)cc1. The van der Waals surface area contributed by atoms with Crippen LogP contribution in [0.25, 0.3) is 0 Å². The first-order valence-electron chi connectivity index (χ1n) is 8.25. The van der Waals surface area contributed by atoms with Gasteiger partial charge in [0.05, 0.1) is 13.1 Å². The molecule has 1 heterocycles. The highest BCUT2D eigenvalue weighted by molar-refractivity contribution is 5.92. The summed E-state index contributed by atoms with van der Waals surface area (Å²) in [6.45, 7) is 2.46. The number of benzene rings is 1. The lowest BCUT2D eigenvalue weighted by Gasteiger charge is -2.22. The van der Waals surface area contributed by atoms with E-state index in [0.29, 0.717) is 0 Å². The molecule has 126 valence electrons. The van der Waals surface area contributed by atoms with Crippen LogP contribution in [0.3, 0.4) is 0 Å². The van der Waals surface area contributed by atoms with E-state index in [-0.39, 0.29) is 24.9 Å². The van der Waals surface area contributed by atoms with E-state index >= 15 is 0 Å². The van der Waals surface area contributed by atoms with Gasteiger partial charge < -0.3 is 15.5 Å². The minimum atomic E-state index is -0.156. The molecule has 3 N–H and O–H groups in total. The van der Waals surface area contributed by atoms with Gasteiger partial charge in [0, 0.05) is 31.5 Å². The second-order valence-corrected chi connectivity index (χ2v) is 5.77. The van der Waals surface area contributed by atoms with Crippen LogP contribution in [0.1, 0.15) is 25.7 Å². The lowest BCUT2D eigenvalue weighted by atomic mass is 10.2. The summed E-state index contributed by atoms with van der Waals surface area (Å²) in [5.41, 5.74) is 1.98. The van der Waals surface area contributed by atoms with E-state index in [4.69, 9.17) is 0 Å². The van der Waals surface area contributed by atoms with Crippen molar-refractivity contribution in [3.63, 3.8) is 0 Å². The van der Waals surface area contributed by atoms with Gasteiger partial charge in [0.25, 0.3) is 0 Å². The van der Waals surface area contributed by atoms with Crippen molar-refractivity contribution in [2.24, 2.45) is 0 Å². The number of amides is 2. The lowest BCUT2D eigenvalue weighted by Crippen LogP contribution is -2.36. The molecule has 0 saturated carbocycles. The van der Waals surface area contributed by atoms with Gasteiger partial charge in [0.15, 0.2) is 0 Å². The molecule has 0 atom stereocenters. The van der Waals surface area contributed by atoms with Gasteiger partial charge in [-0.15, -0.1) is 0 Å². The van der Waals surface area contributed by atoms with E-state index in [1.165, 1.54) is 31.4 Å². The Kier molecular flexibility index (Phi) is 6.87. The van der Waals surface area contributed by atoms with Gasteiger partial charge in [-0.25, -0.2) is 0 Å². The molecule has 0 unspecified atom stereocenters. The molecule has 0 radical (unpaired) electrons. The summed E-state index contributed by atoms with van der Waals surface area (Å²) in [6.07, 6.45) is 5.12. The number of carbonyl (C=O) groups excluding carboxylic acids is 2. The number of anilines is 2. The number of hydrogen-bond acceptors (Lipinski definition) is 4. The highest BCUT2D eigenvalue weighted by Crippen LogP contribution is 2.21. The molecule has 1 aliphatic heterocycles. The third-order valence-corrected chi connectivity index (χ3v) is 3.97. The number of hydrogen-bond donors (Lipinski definition) is 3. The highest BCUT2D eigenvalue weighted by Gasteiger charge is 2.10. The maximum absolute atomic E-state index is 11.8. The van der Waals surface area contributed by atoms with Crippen LogP contribution in [0.5, 0.6) is 0 Å². The Morgan fingerprint density at radius 1 is 0.957 bits per heavy atom. The van der Waals surface area contributed by atoms with Crippen LogP contribution in [0.4, 0.5) is 11.4 Å². The molecule has 0 aromatic heterocycles. The van der Waals surface area contributed by atoms with E-state index in [0.717, 1.165) is 18.8 Å². The zero-order valence-corrected chi connectivity index (χ0v) is 13.7. The fourth-order valence-corrected chi connectivity index (χ4v) is 2.67. The molecule has 0 aliphatic carbocycles. The van der Waals surface area contributed by atoms with E-state index in [2.05, 4.69) is 33.0 Å². The summed E-state index contributed by atoms with van der Waals surface area (Å²) in [5.74, 6) is -0.295. The fraction of sp³-hybridized carbons (Fsp3) is 0.529. The molecule has 6 heteroatoms. The zero-order valence-electron chi connectivity index (χ0n) is 13.7. The third kappa shape index (κ3) is 5.90. The first-order valence-corrected chi connectivity index (χ1v) is 8.25. The molecule has 2 amide bonds. The van der Waals surface area contributed by atoms with Gasteiger partial charge >= 0.3 is 0 Å². The molecule has 1 saturated heterocycles. The van der Waals surface area contributed by atoms with Crippen molar-refractivity contribution in [3.05, 3.63) is 24.3 Å². The maximum Gasteiger partial charge on any atom is 0.238 e. The lowest BCUT2D eigenvalue weighted by molar-refractivity contribution is -0.119. The van der Waals surface area contributed by atoms with Crippen molar-refractivity contribution in [1.82, 2.24) is 10.6 Å². The summed E-state index contributed by atoms with van der Waals surface area (Å²) in [4.78, 5) is 25.3. The standard InChI is InChI=1S/C17H26N4O2/c1-18-16(22)12-19-13-17(23)20-14-6-8-15(9-7-14)21-10-4-2-3-5-11-21/h6-9,19H,2-5,10-13H2,1H3,(H,18,22)(H,20,23). The van der Waals surface area contributed by atoms with Gasteiger partial charge in [-0.1, -0.05) is 12.8 Å². The predicted octanol–water partition coefficient (Wildman–Crippen LogP) is 1.34. The van der Waals surface area contributed by atoms with Crippen molar-refractivity contribution in [2.75, 3.05) is 43.4 Å².